The second-order valence-corrected chi connectivity index (χ2v) is 5.14. The zero-order chi connectivity index (χ0) is 14.4. The number of carbonyl (C=O) groups excluding carboxylic acids is 1. The van der Waals surface area contributed by atoms with E-state index >= 15 is 0 Å². The molecule has 2 rings (SSSR count). The Hall–Kier alpha value is -1.86. The molecule has 20 heavy (non-hydrogen) atoms. The number of amides is 1. The van der Waals surface area contributed by atoms with Gasteiger partial charge in [0.1, 0.15) is 0 Å². The monoisotopic (exact) mass is 272 g/mol. The summed E-state index contributed by atoms with van der Waals surface area (Å²) in [6.07, 6.45) is 4.87. The first-order chi connectivity index (χ1) is 9.70. The number of carbonyl (C=O) groups is 1. The summed E-state index contributed by atoms with van der Waals surface area (Å²) < 4.78 is 5.64. The van der Waals surface area contributed by atoms with Gasteiger partial charge in [-0.15, -0.1) is 0 Å². The van der Waals surface area contributed by atoms with Crippen molar-refractivity contribution >= 4 is 11.6 Å². The van der Waals surface area contributed by atoms with Crippen LogP contribution < -0.4 is 4.90 Å². The molecule has 4 heteroatoms. The molecule has 0 aliphatic carbocycles. The summed E-state index contributed by atoms with van der Waals surface area (Å²) in [6, 6.07) is 9.19. The van der Waals surface area contributed by atoms with E-state index in [4.69, 9.17) is 10.00 Å². The second kappa shape index (κ2) is 7.06. The number of nitriles is 1. The van der Waals surface area contributed by atoms with Crippen LogP contribution in [0.1, 0.15) is 37.7 Å². The summed E-state index contributed by atoms with van der Waals surface area (Å²) in [6.45, 7) is 0.818. The van der Waals surface area contributed by atoms with Gasteiger partial charge in [0.05, 0.1) is 17.7 Å². The lowest BCUT2D eigenvalue weighted by atomic mass is 10.0. The zero-order valence-corrected chi connectivity index (χ0v) is 11.8. The van der Waals surface area contributed by atoms with Crippen LogP contribution in [0.2, 0.25) is 0 Å². The Kier molecular flexibility index (Phi) is 5.14. The maximum atomic E-state index is 12.2. The molecule has 4 nitrogen and oxygen atoms in total. The molecule has 0 radical (unpaired) electrons. The van der Waals surface area contributed by atoms with Gasteiger partial charge in [-0.1, -0.05) is 6.07 Å². The van der Waals surface area contributed by atoms with Gasteiger partial charge >= 0.3 is 0 Å². The Morgan fingerprint density at radius 1 is 1.50 bits per heavy atom. The van der Waals surface area contributed by atoms with E-state index in [-0.39, 0.29) is 12.0 Å². The SMILES string of the molecule is CN(C(=O)CCC1CCCCO1)c1cccc(C#N)c1. The minimum absolute atomic E-state index is 0.0641. The number of hydrogen-bond donors (Lipinski definition) is 0. The molecular formula is C16H20N2O2. The fourth-order valence-corrected chi connectivity index (χ4v) is 2.42. The number of nitrogens with zero attached hydrogens (tertiary/aromatic N) is 2. The van der Waals surface area contributed by atoms with Crippen molar-refractivity contribution in [1.82, 2.24) is 0 Å². The van der Waals surface area contributed by atoms with Crippen LogP contribution in [0.15, 0.2) is 24.3 Å². The van der Waals surface area contributed by atoms with E-state index in [0.717, 1.165) is 31.6 Å². The van der Waals surface area contributed by atoms with Crippen LogP contribution in [-0.2, 0) is 9.53 Å². The Bertz CT molecular complexity index is 501. The lowest BCUT2D eigenvalue weighted by molar-refractivity contribution is -0.119. The van der Waals surface area contributed by atoms with E-state index in [9.17, 15) is 4.79 Å². The standard InChI is InChI=1S/C16H20N2O2/c1-18(14-6-4-5-13(11-14)12-17)16(19)9-8-15-7-2-3-10-20-15/h4-6,11,15H,2-3,7-10H2,1H3. The van der Waals surface area contributed by atoms with E-state index < -0.39 is 0 Å². The molecule has 1 unspecified atom stereocenters. The number of benzene rings is 1. The van der Waals surface area contributed by atoms with Gasteiger partial charge in [0, 0.05) is 25.8 Å². The van der Waals surface area contributed by atoms with Crippen LogP contribution in [-0.4, -0.2) is 25.7 Å². The molecule has 1 saturated heterocycles. The number of anilines is 1. The molecule has 0 saturated carbocycles. The van der Waals surface area contributed by atoms with Crippen molar-refractivity contribution in [3.8, 4) is 6.07 Å². The summed E-state index contributed by atoms with van der Waals surface area (Å²) in [4.78, 5) is 13.8. The van der Waals surface area contributed by atoms with Gasteiger partial charge < -0.3 is 9.64 Å². The van der Waals surface area contributed by atoms with Crippen molar-refractivity contribution in [3.05, 3.63) is 29.8 Å². The largest absolute Gasteiger partial charge is 0.378 e. The molecule has 1 heterocycles. The molecule has 0 N–H and O–H groups in total. The van der Waals surface area contributed by atoms with Gasteiger partial charge in [-0.25, -0.2) is 0 Å². The van der Waals surface area contributed by atoms with Crippen molar-refractivity contribution in [2.75, 3.05) is 18.6 Å². The lowest BCUT2D eigenvalue weighted by Gasteiger charge is -2.23. The number of ether oxygens (including phenoxy) is 1. The summed E-state index contributed by atoms with van der Waals surface area (Å²) in [5.41, 5.74) is 1.33. The highest BCUT2D eigenvalue weighted by atomic mass is 16.5. The minimum Gasteiger partial charge on any atom is -0.378 e. The first-order valence-electron chi connectivity index (χ1n) is 7.09. The first kappa shape index (κ1) is 14.5. The average Bonchev–Trinajstić information content (AvgIpc) is 2.53. The van der Waals surface area contributed by atoms with Crippen LogP contribution in [0.25, 0.3) is 0 Å². The first-order valence-corrected chi connectivity index (χ1v) is 7.09. The summed E-state index contributed by atoms with van der Waals surface area (Å²) in [5.74, 6) is 0.0641. The highest BCUT2D eigenvalue weighted by molar-refractivity contribution is 5.92. The van der Waals surface area contributed by atoms with Gasteiger partial charge in [0.15, 0.2) is 0 Å². The normalized spacial score (nSPS) is 18.3. The third-order valence-electron chi connectivity index (χ3n) is 3.69. The Morgan fingerprint density at radius 3 is 3.05 bits per heavy atom. The van der Waals surface area contributed by atoms with Gasteiger partial charge in [-0.2, -0.15) is 5.26 Å². The van der Waals surface area contributed by atoms with Gasteiger partial charge in [0.25, 0.3) is 0 Å². The maximum absolute atomic E-state index is 12.2. The number of rotatable bonds is 4. The lowest BCUT2D eigenvalue weighted by Crippen LogP contribution is -2.28. The van der Waals surface area contributed by atoms with E-state index in [1.54, 1.807) is 30.1 Å². The molecule has 0 spiro atoms. The van der Waals surface area contributed by atoms with E-state index in [1.807, 2.05) is 6.07 Å². The third-order valence-corrected chi connectivity index (χ3v) is 3.69. The molecule has 1 amide bonds. The second-order valence-electron chi connectivity index (χ2n) is 5.14. The van der Waals surface area contributed by atoms with E-state index in [0.29, 0.717) is 12.0 Å². The molecule has 106 valence electrons. The van der Waals surface area contributed by atoms with E-state index in [1.165, 1.54) is 6.42 Å². The van der Waals surface area contributed by atoms with Crippen LogP contribution in [0.3, 0.4) is 0 Å². The van der Waals surface area contributed by atoms with Crippen LogP contribution in [0.5, 0.6) is 0 Å². The smallest absolute Gasteiger partial charge is 0.226 e. The quantitative estimate of drug-likeness (QED) is 0.847. The predicted molar refractivity (Wildman–Crippen MR) is 77.4 cm³/mol. The van der Waals surface area contributed by atoms with Crippen molar-refractivity contribution < 1.29 is 9.53 Å². The molecule has 0 bridgehead atoms. The highest BCUT2D eigenvalue weighted by Crippen LogP contribution is 2.19. The molecule has 1 aliphatic heterocycles. The van der Waals surface area contributed by atoms with Crippen molar-refractivity contribution in [2.45, 2.75) is 38.2 Å². The van der Waals surface area contributed by atoms with Crippen LogP contribution in [0.4, 0.5) is 5.69 Å². The number of hydrogen-bond acceptors (Lipinski definition) is 3. The predicted octanol–water partition coefficient (Wildman–Crippen LogP) is 2.87. The summed E-state index contributed by atoms with van der Waals surface area (Å²) in [5, 5.41) is 8.89. The van der Waals surface area contributed by atoms with Gasteiger partial charge in [-0.05, 0) is 43.9 Å². The fraction of sp³-hybridized carbons (Fsp3) is 0.500. The Labute approximate surface area is 120 Å². The van der Waals surface area contributed by atoms with Crippen LogP contribution >= 0.6 is 0 Å². The minimum atomic E-state index is 0.0641. The highest BCUT2D eigenvalue weighted by Gasteiger charge is 2.17. The molecule has 1 fully saturated rings. The van der Waals surface area contributed by atoms with Gasteiger partial charge in [0.2, 0.25) is 5.91 Å². The molecular weight excluding hydrogens is 252 g/mol. The molecule has 1 atom stereocenters. The summed E-state index contributed by atoms with van der Waals surface area (Å²) >= 11 is 0. The molecule has 1 aromatic rings. The van der Waals surface area contributed by atoms with E-state index in [2.05, 4.69) is 6.07 Å². The van der Waals surface area contributed by atoms with Gasteiger partial charge in [-0.3, -0.25) is 4.79 Å². The van der Waals surface area contributed by atoms with Crippen molar-refractivity contribution in [3.63, 3.8) is 0 Å². The van der Waals surface area contributed by atoms with Crippen molar-refractivity contribution in [2.24, 2.45) is 0 Å². The summed E-state index contributed by atoms with van der Waals surface area (Å²) in [7, 11) is 1.75. The van der Waals surface area contributed by atoms with Crippen molar-refractivity contribution in [1.29, 1.82) is 5.26 Å². The third kappa shape index (κ3) is 3.82. The topological polar surface area (TPSA) is 53.3 Å². The zero-order valence-electron chi connectivity index (χ0n) is 11.8. The Balaban J connectivity index is 1.89. The maximum Gasteiger partial charge on any atom is 0.226 e. The molecule has 0 aromatic heterocycles. The molecule has 1 aliphatic rings. The molecule has 1 aromatic carbocycles. The van der Waals surface area contributed by atoms with Crippen LogP contribution in [0, 0.1) is 11.3 Å². The Morgan fingerprint density at radius 2 is 2.35 bits per heavy atom. The fourth-order valence-electron chi connectivity index (χ4n) is 2.42. The average molecular weight is 272 g/mol.